The van der Waals surface area contributed by atoms with Crippen LogP contribution in [-0.2, 0) is 14.0 Å². The number of ether oxygens (including phenoxy) is 1. The zero-order chi connectivity index (χ0) is 28.8. The molecule has 0 N–H and O–H groups in total. The number of amides is 1. The first-order chi connectivity index (χ1) is 18.2. The molecule has 4 rings (SSSR count). The van der Waals surface area contributed by atoms with Gasteiger partial charge in [-0.25, -0.2) is 4.39 Å². The molecule has 1 aliphatic heterocycles. The highest BCUT2D eigenvalue weighted by atomic mass is 35.5. The van der Waals surface area contributed by atoms with E-state index >= 15 is 0 Å². The van der Waals surface area contributed by atoms with Gasteiger partial charge in [-0.2, -0.15) is 0 Å². The quantitative estimate of drug-likeness (QED) is 0.216. The lowest BCUT2D eigenvalue weighted by atomic mass is 9.85. The molecule has 0 bridgehead atoms. The third-order valence-electron chi connectivity index (χ3n) is 8.60. The summed E-state index contributed by atoms with van der Waals surface area (Å²) in [5.41, 5.74) is 0.282. The molecule has 2 aromatic carbocycles. The van der Waals surface area contributed by atoms with Crippen molar-refractivity contribution in [1.29, 1.82) is 0 Å². The smallest absolute Gasteiger partial charge is 0.255 e. The van der Waals surface area contributed by atoms with Crippen molar-refractivity contribution < 1.29 is 18.3 Å². The van der Waals surface area contributed by atoms with Gasteiger partial charge in [0.25, 0.3) is 5.91 Å². The molecule has 1 saturated heterocycles. The number of carbonyl (C=O) groups excluding carboxylic acids is 1. The highest BCUT2D eigenvalue weighted by molar-refractivity contribution is 6.74. The molecule has 2 fully saturated rings. The van der Waals surface area contributed by atoms with E-state index < -0.39 is 31.9 Å². The van der Waals surface area contributed by atoms with Crippen LogP contribution in [-0.4, -0.2) is 37.4 Å². The van der Waals surface area contributed by atoms with Crippen LogP contribution < -0.4 is 0 Å². The number of rotatable bonds is 9. The molecule has 8 heteroatoms. The summed E-state index contributed by atoms with van der Waals surface area (Å²) in [6, 6.07) is 11.4. The first kappa shape index (κ1) is 30.3. The first-order valence-corrected chi connectivity index (χ1v) is 17.3. The van der Waals surface area contributed by atoms with E-state index in [1.807, 2.05) is 30.0 Å². The molecule has 39 heavy (non-hydrogen) atoms. The summed E-state index contributed by atoms with van der Waals surface area (Å²) in [4.78, 5) is 16.4. The van der Waals surface area contributed by atoms with Gasteiger partial charge in [0.1, 0.15) is 17.5 Å². The molecule has 4 nitrogen and oxygen atoms in total. The topological polar surface area (TPSA) is 38.8 Å². The second-order valence-electron chi connectivity index (χ2n) is 12.6. The van der Waals surface area contributed by atoms with Gasteiger partial charge >= 0.3 is 0 Å². The third kappa shape index (κ3) is 6.30. The van der Waals surface area contributed by atoms with Crippen LogP contribution in [0, 0.1) is 11.7 Å². The predicted octanol–water partition coefficient (Wildman–Crippen LogP) is 8.91. The van der Waals surface area contributed by atoms with E-state index in [2.05, 4.69) is 40.4 Å². The Balaban J connectivity index is 1.88. The average Bonchev–Trinajstić information content (AvgIpc) is 3.68. The van der Waals surface area contributed by atoms with E-state index in [4.69, 9.17) is 32.4 Å². The highest BCUT2D eigenvalue weighted by Crippen LogP contribution is 2.51. The fourth-order valence-electron chi connectivity index (χ4n) is 5.11. The lowest BCUT2D eigenvalue weighted by Crippen LogP contribution is -2.61. The average molecular weight is 593 g/mol. The number of carbonyl (C=O) groups is 1. The van der Waals surface area contributed by atoms with Gasteiger partial charge in [-0.3, -0.25) is 4.79 Å². The Labute approximate surface area is 243 Å². The minimum Gasteiger partial charge on any atom is -0.415 e. The first-order valence-electron chi connectivity index (χ1n) is 13.6. The van der Waals surface area contributed by atoms with Crippen molar-refractivity contribution in [3.8, 4) is 0 Å². The van der Waals surface area contributed by atoms with Gasteiger partial charge in [0.15, 0.2) is 8.32 Å². The molecular formula is C31H40Cl2FNO3Si. The highest BCUT2D eigenvalue weighted by Gasteiger charge is 2.55. The normalized spacial score (nSPS) is 25.1. The van der Waals surface area contributed by atoms with Crippen LogP contribution in [0.25, 0.3) is 0 Å². The molecule has 212 valence electrons. The number of hydrogen-bond donors (Lipinski definition) is 0. The van der Waals surface area contributed by atoms with Gasteiger partial charge in [-0.05, 0) is 79.2 Å². The van der Waals surface area contributed by atoms with Crippen LogP contribution in [0.15, 0.2) is 55.1 Å². The molecule has 4 atom stereocenters. The van der Waals surface area contributed by atoms with Gasteiger partial charge in [-0.15, -0.1) is 6.58 Å². The molecule has 0 radical (unpaired) electrons. The van der Waals surface area contributed by atoms with E-state index in [9.17, 15) is 9.18 Å². The maximum atomic E-state index is 14.9. The molecule has 2 aliphatic rings. The van der Waals surface area contributed by atoms with E-state index in [1.165, 1.54) is 6.07 Å². The van der Waals surface area contributed by atoms with Crippen molar-refractivity contribution in [3.63, 3.8) is 0 Å². The van der Waals surface area contributed by atoms with E-state index in [0.717, 1.165) is 18.4 Å². The molecular weight excluding hydrogens is 552 g/mol. The zero-order valence-electron chi connectivity index (χ0n) is 23.8. The van der Waals surface area contributed by atoms with Crippen molar-refractivity contribution in [2.75, 3.05) is 6.61 Å². The molecule has 1 saturated carbocycles. The molecule has 1 heterocycles. The number of benzene rings is 2. The fraction of sp³-hybridized carbons (Fsp3) is 0.516. The summed E-state index contributed by atoms with van der Waals surface area (Å²) in [5, 5.41) is 0.616. The summed E-state index contributed by atoms with van der Waals surface area (Å²) in [7, 11) is -2.11. The maximum absolute atomic E-state index is 14.9. The van der Waals surface area contributed by atoms with Gasteiger partial charge in [0.05, 0.1) is 23.7 Å². The second kappa shape index (κ2) is 11.3. The van der Waals surface area contributed by atoms with Crippen molar-refractivity contribution in [2.24, 2.45) is 5.92 Å². The summed E-state index contributed by atoms with van der Waals surface area (Å²) in [6.45, 7) is 17.2. The molecule has 4 unspecified atom stereocenters. The largest absolute Gasteiger partial charge is 0.415 e. The number of nitrogens with zero attached hydrogens (tertiary/aromatic N) is 1. The Morgan fingerprint density at radius 2 is 1.90 bits per heavy atom. The SMILES string of the molecule is C=CCC1(C)OC(c2cccc(Cl)c2)C(c2ccc(Cl)c(F)c2)N(C(CO[Si](C)(C)C(C)(C)C)C2CC2)C1=O. The van der Waals surface area contributed by atoms with Crippen LogP contribution in [0.4, 0.5) is 4.39 Å². The Hall–Kier alpha value is -1.70. The zero-order valence-corrected chi connectivity index (χ0v) is 26.3. The van der Waals surface area contributed by atoms with Gasteiger partial charge < -0.3 is 14.1 Å². The fourth-order valence-corrected chi connectivity index (χ4v) is 6.45. The molecule has 0 aromatic heterocycles. The van der Waals surface area contributed by atoms with Gasteiger partial charge in [0.2, 0.25) is 0 Å². The number of halogens is 3. The third-order valence-corrected chi connectivity index (χ3v) is 13.6. The lowest BCUT2D eigenvalue weighted by Gasteiger charge is -2.52. The molecule has 2 aromatic rings. The van der Waals surface area contributed by atoms with E-state index in [1.54, 1.807) is 24.3 Å². The Morgan fingerprint density at radius 1 is 1.21 bits per heavy atom. The molecule has 0 spiro atoms. The van der Waals surface area contributed by atoms with Gasteiger partial charge in [0, 0.05) is 11.4 Å². The number of hydrogen-bond acceptors (Lipinski definition) is 3. The van der Waals surface area contributed by atoms with Crippen LogP contribution in [0.3, 0.4) is 0 Å². The number of morpholine rings is 1. The molecule has 1 amide bonds. The second-order valence-corrected chi connectivity index (χ2v) is 18.3. The summed E-state index contributed by atoms with van der Waals surface area (Å²) < 4.78 is 28.3. The Bertz CT molecular complexity index is 1230. The Morgan fingerprint density at radius 3 is 2.46 bits per heavy atom. The van der Waals surface area contributed by atoms with Crippen molar-refractivity contribution in [3.05, 3.63) is 82.1 Å². The van der Waals surface area contributed by atoms with Crippen LogP contribution in [0.5, 0.6) is 0 Å². The monoisotopic (exact) mass is 591 g/mol. The summed E-state index contributed by atoms with van der Waals surface area (Å²) in [5.74, 6) is -0.382. The van der Waals surface area contributed by atoms with Crippen LogP contribution in [0.1, 0.15) is 70.2 Å². The predicted molar refractivity (Wildman–Crippen MR) is 159 cm³/mol. The molecule has 1 aliphatic carbocycles. The lowest BCUT2D eigenvalue weighted by molar-refractivity contribution is -0.204. The minimum absolute atomic E-state index is 0.0233. The maximum Gasteiger partial charge on any atom is 0.255 e. The summed E-state index contributed by atoms with van der Waals surface area (Å²) >= 11 is 12.5. The van der Waals surface area contributed by atoms with E-state index in [-0.39, 0.29) is 22.0 Å². The Kier molecular flexibility index (Phi) is 8.76. The summed E-state index contributed by atoms with van der Waals surface area (Å²) in [6.07, 6.45) is 3.48. The van der Waals surface area contributed by atoms with Crippen molar-refractivity contribution >= 4 is 37.4 Å². The van der Waals surface area contributed by atoms with Gasteiger partial charge in [-0.1, -0.05) is 68.2 Å². The van der Waals surface area contributed by atoms with E-state index in [0.29, 0.717) is 29.5 Å². The minimum atomic E-state index is -2.11. The van der Waals surface area contributed by atoms with Crippen molar-refractivity contribution in [1.82, 2.24) is 4.90 Å². The van der Waals surface area contributed by atoms with Crippen LogP contribution in [0.2, 0.25) is 28.2 Å². The standard InChI is InChI=1S/C31H40Cl2FNO3Si/c1-8-16-31(5)29(36)35(26(20-12-13-20)19-37-39(6,7)30(2,3)4)27(21-14-15-24(33)25(34)18-21)28(38-31)22-10-9-11-23(32)17-22/h8-11,14-15,17-18,20,26-28H,1,12-13,16,19H2,2-7H3. The van der Waals surface area contributed by atoms with Crippen LogP contribution >= 0.6 is 23.2 Å². The van der Waals surface area contributed by atoms with Crippen molar-refractivity contribution in [2.45, 2.75) is 88.9 Å².